The average Bonchev–Trinajstić information content (AvgIpc) is 3.74. The van der Waals surface area contributed by atoms with Crippen molar-refractivity contribution in [3.63, 3.8) is 0 Å². The van der Waals surface area contributed by atoms with Gasteiger partial charge in [0.1, 0.15) is 34.4 Å². The molecule has 2 aliphatic rings. The number of nitrogens with zero attached hydrogens (tertiary/aromatic N) is 5. The lowest BCUT2D eigenvalue weighted by molar-refractivity contribution is -0.137. The van der Waals surface area contributed by atoms with Crippen molar-refractivity contribution >= 4 is 29.0 Å². The molecule has 1 aliphatic heterocycles. The molecule has 3 aromatic heterocycles. The van der Waals surface area contributed by atoms with Gasteiger partial charge in [-0.3, -0.25) is 14.0 Å². The summed E-state index contributed by atoms with van der Waals surface area (Å²) in [5.41, 5.74) is 7.29. The lowest BCUT2D eigenvalue weighted by Gasteiger charge is -2.37. The summed E-state index contributed by atoms with van der Waals surface area (Å²) in [6.07, 6.45) is 4.33. The summed E-state index contributed by atoms with van der Waals surface area (Å²) in [6.45, 7) is 4.71. The highest BCUT2D eigenvalue weighted by atomic mass is 19.4. The Morgan fingerprint density at radius 1 is 1.09 bits per heavy atom. The summed E-state index contributed by atoms with van der Waals surface area (Å²) in [7, 11) is 0. The van der Waals surface area contributed by atoms with E-state index in [0.29, 0.717) is 41.4 Å². The number of carbonyl (C=O) groups is 2. The highest BCUT2D eigenvalue weighted by Crippen LogP contribution is 2.40. The minimum atomic E-state index is -4.57. The van der Waals surface area contributed by atoms with Gasteiger partial charge in [0.2, 0.25) is 5.91 Å². The first kappa shape index (κ1) is 30.4. The molecule has 0 unspecified atom stereocenters. The fourth-order valence-corrected chi connectivity index (χ4v) is 5.91. The Morgan fingerprint density at radius 3 is 2.62 bits per heavy atom. The molecule has 0 spiro atoms. The topological polar surface area (TPSA) is 128 Å². The minimum Gasteiger partial charge on any atom is -0.493 e. The van der Waals surface area contributed by atoms with Gasteiger partial charge in [-0.15, -0.1) is 0 Å². The molecule has 1 saturated heterocycles. The fourth-order valence-electron chi connectivity index (χ4n) is 5.91. The zero-order chi connectivity index (χ0) is 31.9. The Labute approximate surface area is 257 Å². The van der Waals surface area contributed by atoms with Crippen molar-refractivity contribution in [2.45, 2.75) is 64.1 Å². The summed E-state index contributed by atoms with van der Waals surface area (Å²) < 4.78 is 47.3. The molecule has 2 amide bonds. The molecule has 2 atom stereocenters. The summed E-state index contributed by atoms with van der Waals surface area (Å²) in [5.74, 6) is 1.12. The number of alkyl halides is 3. The van der Waals surface area contributed by atoms with E-state index in [4.69, 9.17) is 15.5 Å². The minimum absolute atomic E-state index is 0.0343. The van der Waals surface area contributed by atoms with Crippen LogP contribution in [-0.2, 0) is 11.0 Å². The summed E-state index contributed by atoms with van der Waals surface area (Å²) in [4.78, 5) is 41.4. The van der Waals surface area contributed by atoms with Crippen LogP contribution in [0.3, 0.4) is 0 Å². The van der Waals surface area contributed by atoms with Gasteiger partial charge < -0.3 is 20.7 Å². The maximum atomic E-state index is 13.2. The van der Waals surface area contributed by atoms with Gasteiger partial charge in [0.05, 0.1) is 12.2 Å². The number of fused-ring (bicyclic) bond motifs is 1. The first-order valence-electron chi connectivity index (χ1n) is 15.1. The number of aromatic nitrogens is 4. The highest BCUT2D eigenvalue weighted by Gasteiger charge is 2.35. The molecule has 1 saturated carbocycles. The van der Waals surface area contributed by atoms with Crippen LogP contribution in [0.4, 0.5) is 24.8 Å². The Morgan fingerprint density at radius 2 is 1.89 bits per heavy atom. The molecule has 3 N–H and O–H groups in total. The third-order valence-corrected chi connectivity index (χ3v) is 8.47. The van der Waals surface area contributed by atoms with E-state index < -0.39 is 17.6 Å². The monoisotopic (exact) mass is 621 g/mol. The molecule has 45 heavy (non-hydrogen) atoms. The van der Waals surface area contributed by atoms with E-state index in [-0.39, 0.29) is 41.7 Å². The number of ether oxygens (including phenoxy) is 1. The van der Waals surface area contributed by atoms with Crippen LogP contribution in [0.5, 0.6) is 5.75 Å². The molecule has 6 rings (SSSR count). The number of rotatable bonds is 8. The van der Waals surface area contributed by atoms with E-state index >= 15 is 0 Å². The molecule has 1 aromatic carbocycles. The van der Waals surface area contributed by atoms with Crippen molar-refractivity contribution in [3.05, 3.63) is 65.9 Å². The van der Waals surface area contributed by atoms with E-state index in [9.17, 15) is 22.8 Å². The molecule has 0 radical (unpaired) electrons. The Bertz CT molecular complexity index is 1750. The molecule has 0 bridgehead atoms. The molecular formula is C32H34F3N7O3. The van der Waals surface area contributed by atoms with Crippen LogP contribution in [0.2, 0.25) is 0 Å². The second-order valence-electron chi connectivity index (χ2n) is 11.7. The van der Waals surface area contributed by atoms with Crippen molar-refractivity contribution in [3.8, 4) is 17.0 Å². The molecule has 4 heterocycles. The van der Waals surface area contributed by atoms with Gasteiger partial charge >= 0.3 is 6.18 Å². The number of imidazole rings is 1. The number of carbonyl (C=O) groups excluding carboxylic acids is 2. The molecular weight excluding hydrogens is 587 g/mol. The van der Waals surface area contributed by atoms with Gasteiger partial charge in [-0.25, -0.2) is 15.0 Å². The van der Waals surface area contributed by atoms with Crippen LogP contribution in [0, 0.1) is 5.92 Å². The summed E-state index contributed by atoms with van der Waals surface area (Å²) in [6, 6.07) is 6.49. The number of pyridine rings is 1. The number of anilines is 2. The normalized spacial score (nSPS) is 18.6. The van der Waals surface area contributed by atoms with Crippen molar-refractivity contribution < 1.29 is 27.5 Å². The van der Waals surface area contributed by atoms with E-state index in [1.807, 2.05) is 9.30 Å². The highest BCUT2D eigenvalue weighted by molar-refractivity contribution is 6.04. The van der Waals surface area contributed by atoms with E-state index in [0.717, 1.165) is 49.8 Å². The van der Waals surface area contributed by atoms with Crippen LogP contribution >= 0.6 is 0 Å². The quantitative estimate of drug-likeness (QED) is 0.249. The molecule has 10 nitrogen and oxygen atoms in total. The second-order valence-corrected chi connectivity index (χ2v) is 11.7. The molecule has 1 aliphatic carbocycles. The maximum absolute atomic E-state index is 13.2. The van der Waals surface area contributed by atoms with E-state index in [1.165, 1.54) is 6.07 Å². The van der Waals surface area contributed by atoms with Gasteiger partial charge in [-0.1, -0.05) is 0 Å². The number of hydrogen-bond donors (Lipinski definition) is 2. The van der Waals surface area contributed by atoms with Crippen LogP contribution in [-0.4, -0.2) is 55.3 Å². The molecule has 4 aromatic rings. The van der Waals surface area contributed by atoms with Crippen LogP contribution in [0.1, 0.15) is 73.6 Å². The number of amides is 2. The Kier molecular flexibility index (Phi) is 8.10. The lowest BCUT2D eigenvalue weighted by Crippen LogP contribution is -2.45. The number of likely N-dealkylation sites (tertiary alicyclic amines) is 1. The van der Waals surface area contributed by atoms with Gasteiger partial charge in [0.25, 0.3) is 5.91 Å². The van der Waals surface area contributed by atoms with E-state index in [2.05, 4.69) is 22.2 Å². The predicted molar refractivity (Wildman–Crippen MR) is 162 cm³/mol. The van der Waals surface area contributed by atoms with Gasteiger partial charge in [-0.05, 0) is 75.8 Å². The van der Waals surface area contributed by atoms with Crippen molar-refractivity contribution in [2.24, 2.45) is 5.92 Å². The number of halogens is 3. The fraction of sp³-hybridized carbons (Fsp3) is 0.406. The standard InChI is InChI=1S/C32H34F3N7O3/c1-3-45-24-15-20(31(44)39-25-16-22(10-11-37-25)32(33,34)35)8-9-23(24)27-28-29(36)38-12-13-41(28)30(40-27)21-7-4-18(2)42(17-21)26(43)14-19-5-6-19/h8-13,15-16,18-19,21H,3-7,14,17H2,1-2H3,(H2,36,38)(H,37,39,44)/t18-,21-/m1/s1. The summed E-state index contributed by atoms with van der Waals surface area (Å²) >= 11 is 0. The zero-order valence-electron chi connectivity index (χ0n) is 25.0. The summed E-state index contributed by atoms with van der Waals surface area (Å²) in [5, 5.41) is 2.43. The largest absolute Gasteiger partial charge is 0.493 e. The third kappa shape index (κ3) is 6.29. The first-order valence-corrected chi connectivity index (χ1v) is 15.1. The first-order chi connectivity index (χ1) is 21.5. The van der Waals surface area contributed by atoms with E-state index in [1.54, 1.807) is 31.5 Å². The maximum Gasteiger partial charge on any atom is 0.416 e. The number of nitrogen functional groups attached to an aromatic ring is 1. The van der Waals surface area contributed by atoms with Crippen LogP contribution in [0.15, 0.2) is 48.9 Å². The zero-order valence-corrected chi connectivity index (χ0v) is 25.0. The van der Waals surface area contributed by atoms with Gasteiger partial charge in [0.15, 0.2) is 0 Å². The van der Waals surface area contributed by atoms with Crippen LogP contribution in [0.25, 0.3) is 16.8 Å². The number of hydrogen-bond acceptors (Lipinski definition) is 7. The number of piperidine rings is 1. The smallest absolute Gasteiger partial charge is 0.416 e. The van der Waals surface area contributed by atoms with Crippen molar-refractivity contribution in [2.75, 3.05) is 24.2 Å². The molecule has 236 valence electrons. The number of benzene rings is 1. The molecule has 2 fully saturated rings. The Balaban J connectivity index is 1.33. The number of nitrogens with two attached hydrogens (primary N) is 1. The lowest BCUT2D eigenvalue weighted by atomic mass is 9.92. The van der Waals surface area contributed by atoms with Gasteiger partial charge in [-0.2, -0.15) is 13.2 Å². The average molecular weight is 622 g/mol. The predicted octanol–water partition coefficient (Wildman–Crippen LogP) is 5.94. The second kappa shape index (κ2) is 12.0. The van der Waals surface area contributed by atoms with Gasteiger partial charge in [0, 0.05) is 54.6 Å². The van der Waals surface area contributed by atoms with Crippen LogP contribution < -0.4 is 15.8 Å². The Hall–Kier alpha value is -4.68. The third-order valence-electron chi connectivity index (χ3n) is 8.47. The van der Waals surface area contributed by atoms with Crippen molar-refractivity contribution in [1.82, 2.24) is 24.3 Å². The molecule has 13 heteroatoms. The number of nitrogens with one attached hydrogen (secondary N) is 1. The van der Waals surface area contributed by atoms with Crippen molar-refractivity contribution in [1.29, 1.82) is 0 Å². The SMILES string of the molecule is CCOc1cc(C(=O)Nc2cc(C(F)(F)F)ccn2)ccc1-c1nc([C@@H]2CC[C@@H](C)N(C(=O)CC3CC3)C2)n2ccnc(N)c12.